The van der Waals surface area contributed by atoms with E-state index in [9.17, 15) is 4.79 Å². The number of hydrogen-bond acceptors (Lipinski definition) is 3. The van der Waals surface area contributed by atoms with Crippen LogP contribution in [0.15, 0.2) is 54.6 Å². The number of aromatic nitrogens is 2. The number of para-hydroxylation sites is 2. The number of nitrogens with zero attached hydrogens (tertiary/aromatic N) is 2. The molecule has 5 nitrogen and oxygen atoms in total. The minimum atomic E-state index is -0.156. The van der Waals surface area contributed by atoms with Crippen LogP contribution in [-0.4, -0.2) is 22.1 Å². The highest BCUT2D eigenvalue weighted by atomic mass is 16.5. The lowest BCUT2D eigenvalue weighted by atomic mass is 10.1. The van der Waals surface area contributed by atoms with Crippen LogP contribution in [0.25, 0.3) is 11.0 Å². The number of hydrogen-bond donors (Lipinski definition) is 1. The summed E-state index contributed by atoms with van der Waals surface area (Å²) < 4.78 is 8.14. The van der Waals surface area contributed by atoms with Crippen molar-refractivity contribution in [2.45, 2.75) is 40.3 Å². The summed E-state index contributed by atoms with van der Waals surface area (Å²) in [5.74, 6) is 1.61. The van der Waals surface area contributed by atoms with Gasteiger partial charge in [0.2, 0.25) is 5.91 Å². The Balaban J connectivity index is 1.68. The lowest BCUT2D eigenvalue weighted by molar-refractivity contribution is -0.117. The molecule has 0 fully saturated rings. The molecular weight excluding hydrogens is 350 g/mol. The van der Waals surface area contributed by atoms with Crippen molar-refractivity contribution < 1.29 is 9.53 Å². The summed E-state index contributed by atoms with van der Waals surface area (Å²) in [7, 11) is 0. The maximum Gasteiger partial charge on any atom is 0.246 e. The molecule has 0 aliphatic carbocycles. The van der Waals surface area contributed by atoms with Gasteiger partial charge in [-0.3, -0.25) is 4.79 Å². The number of imidazole rings is 1. The maximum absolute atomic E-state index is 11.9. The van der Waals surface area contributed by atoms with E-state index in [1.165, 1.54) is 5.56 Å². The highest BCUT2D eigenvalue weighted by Crippen LogP contribution is 2.20. The van der Waals surface area contributed by atoms with Gasteiger partial charge in [0, 0.05) is 12.1 Å². The summed E-state index contributed by atoms with van der Waals surface area (Å²) in [6.45, 7) is 11.3. The molecule has 146 valence electrons. The average molecular weight is 377 g/mol. The van der Waals surface area contributed by atoms with Crippen LogP contribution < -0.4 is 10.1 Å². The molecule has 0 spiro atoms. The number of ether oxygens (including phenoxy) is 1. The number of rotatable bonds is 8. The quantitative estimate of drug-likeness (QED) is 0.470. The Kier molecular flexibility index (Phi) is 6.14. The summed E-state index contributed by atoms with van der Waals surface area (Å²) in [6, 6.07) is 14.3. The molecule has 0 aliphatic heterocycles. The first-order chi connectivity index (χ1) is 13.5. The van der Waals surface area contributed by atoms with Crippen molar-refractivity contribution in [1.29, 1.82) is 0 Å². The second-order valence-corrected chi connectivity index (χ2v) is 7.10. The van der Waals surface area contributed by atoms with E-state index in [0.717, 1.165) is 41.1 Å². The fraction of sp³-hybridized carbons (Fsp3) is 0.304. The molecule has 1 amide bonds. The van der Waals surface area contributed by atoms with Crippen LogP contribution in [0.4, 0.5) is 0 Å². The van der Waals surface area contributed by atoms with Crippen LogP contribution in [0.5, 0.6) is 5.75 Å². The van der Waals surface area contributed by atoms with Crippen LogP contribution in [0, 0.1) is 13.8 Å². The standard InChI is InChI=1S/C23H27N3O2/c1-16(2)23(27)24-15-22-25-19-8-5-6-9-20(19)26(22)12-7-13-28-21-14-17(3)10-11-18(21)4/h5-6,8-11,14H,1,7,12-13,15H2,2-4H3,(H,24,27). The normalized spacial score (nSPS) is 10.8. The number of benzene rings is 2. The topological polar surface area (TPSA) is 56.2 Å². The Morgan fingerprint density at radius 3 is 2.79 bits per heavy atom. The summed E-state index contributed by atoms with van der Waals surface area (Å²) in [5, 5.41) is 2.88. The molecule has 3 aromatic rings. The van der Waals surface area contributed by atoms with Crippen LogP contribution >= 0.6 is 0 Å². The summed E-state index contributed by atoms with van der Waals surface area (Å²) in [6.07, 6.45) is 0.842. The second kappa shape index (κ2) is 8.74. The van der Waals surface area contributed by atoms with E-state index in [2.05, 4.69) is 59.6 Å². The number of carbonyl (C=O) groups excluding carboxylic acids is 1. The van der Waals surface area contributed by atoms with E-state index in [4.69, 9.17) is 4.74 Å². The zero-order valence-corrected chi connectivity index (χ0v) is 16.8. The van der Waals surface area contributed by atoms with Gasteiger partial charge in [0.05, 0.1) is 24.2 Å². The Bertz CT molecular complexity index is 1000. The lowest BCUT2D eigenvalue weighted by Crippen LogP contribution is -2.25. The van der Waals surface area contributed by atoms with E-state index >= 15 is 0 Å². The van der Waals surface area contributed by atoms with Gasteiger partial charge < -0.3 is 14.6 Å². The van der Waals surface area contributed by atoms with Crippen molar-refractivity contribution in [3.8, 4) is 5.75 Å². The van der Waals surface area contributed by atoms with E-state index in [1.54, 1.807) is 6.92 Å². The van der Waals surface area contributed by atoms with E-state index in [1.807, 2.05) is 18.2 Å². The fourth-order valence-corrected chi connectivity index (χ4v) is 3.09. The maximum atomic E-state index is 11.9. The molecule has 5 heteroatoms. The van der Waals surface area contributed by atoms with Gasteiger partial charge in [-0.05, 0) is 56.5 Å². The number of amides is 1. The summed E-state index contributed by atoms with van der Waals surface area (Å²) in [5.41, 5.74) is 4.81. The largest absolute Gasteiger partial charge is 0.493 e. The van der Waals surface area contributed by atoms with Gasteiger partial charge in [-0.1, -0.05) is 30.8 Å². The molecule has 0 saturated carbocycles. The second-order valence-electron chi connectivity index (χ2n) is 7.10. The van der Waals surface area contributed by atoms with Crippen molar-refractivity contribution in [2.75, 3.05) is 6.61 Å². The van der Waals surface area contributed by atoms with E-state index in [-0.39, 0.29) is 5.91 Å². The highest BCUT2D eigenvalue weighted by molar-refractivity contribution is 5.92. The van der Waals surface area contributed by atoms with Crippen molar-refractivity contribution in [3.05, 3.63) is 71.6 Å². The number of aryl methyl sites for hydroxylation is 3. The van der Waals surface area contributed by atoms with Gasteiger partial charge in [-0.2, -0.15) is 0 Å². The first-order valence-electron chi connectivity index (χ1n) is 9.53. The smallest absolute Gasteiger partial charge is 0.246 e. The zero-order valence-electron chi connectivity index (χ0n) is 16.8. The van der Waals surface area contributed by atoms with Gasteiger partial charge in [0.1, 0.15) is 11.6 Å². The summed E-state index contributed by atoms with van der Waals surface area (Å²) in [4.78, 5) is 16.5. The molecule has 28 heavy (non-hydrogen) atoms. The Morgan fingerprint density at radius 2 is 2.00 bits per heavy atom. The first-order valence-corrected chi connectivity index (χ1v) is 9.53. The van der Waals surface area contributed by atoms with Crippen LogP contribution in [0.1, 0.15) is 30.3 Å². The van der Waals surface area contributed by atoms with Crippen molar-refractivity contribution in [1.82, 2.24) is 14.9 Å². The van der Waals surface area contributed by atoms with Crippen molar-refractivity contribution >= 4 is 16.9 Å². The number of carbonyl (C=O) groups is 1. The molecule has 1 heterocycles. The lowest BCUT2D eigenvalue weighted by Gasteiger charge is -2.12. The highest BCUT2D eigenvalue weighted by Gasteiger charge is 2.12. The molecule has 1 aromatic heterocycles. The molecule has 0 unspecified atom stereocenters. The minimum absolute atomic E-state index is 0.156. The molecule has 0 aliphatic rings. The van der Waals surface area contributed by atoms with Crippen LogP contribution in [-0.2, 0) is 17.9 Å². The summed E-state index contributed by atoms with van der Waals surface area (Å²) >= 11 is 0. The zero-order chi connectivity index (χ0) is 20.1. The van der Waals surface area contributed by atoms with E-state index < -0.39 is 0 Å². The third-order valence-corrected chi connectivity index (χ3v) is 4.66. The molecular formula is C23H27N3O2. The number of fused-ring (bicyclic) bond motifs is 1. The van der Waals surface area contributed by atoms with Gasteiger partial charge >= 0.3 is 0 Å². The first kappa shape index (κ1) is 19.7. The van der Waals surface area contributed by atoms with Gasteiger partial charge in [0.15, 0.2) is 0 Å². The molecule has 0 bridgehead atoms. The Morgan fingerprint density at radius 1 is 1.21 bits per heavy atom. The van der Waals surface area contributed by atoms with Gasteiger partial charge in [-0.25, -0.2) is 4.98 Å². The van der Waals surface area contributed by atoms with E-state index in [0.29, 0.717) is 18.7 Å². The third-order valence-electron chi connectivity index (χ3n) is 4.66. The fourth-order valence-electron chi connectivity index (χ4n) is 3.09. The Hall–Kier alpha value is -3.08. The SMILES string of the molecule is C=C(C)C(=O)NCc1nc2ccccc2n1CCCOc1cc(C)ccc1C. The molecule has 0 saturated heterocycles. The van der Waals surface area contributed by atoms with Gasteiger partial charge in [0.25, 0.3) is 0 Å². The average Bonchev–Trinajstić information content (AvgIpc) is 3.03. The molecule has 3 rings (SSSR count). The van der Waals surface area contributed by atoms with Crippen molar-refractivity contribution in [2.24, 2.45) is 0 Å². The predicted molar refractivity (Wildman–Crippen MR) is 112 cm³/mol. The molecule has 0 radical (unpaired) electrons. The molecule has 0 atom stereocenters. The third kappa shape index (κ3) is 4.60. The van der Waals surface area contributed by atoms with Gasteiger partial charge in [-0.15, -0.1) is 0 Å². The molecule has 1 N–H and O–H groups in total. The Labute approximate surface area is 166 Å². The van der Waals surface area contributed by atoms with Crippen LogP contribution in [0.2, 0.25) is 0 Å². The van der Waals surface area contributed by atoms with Crippen LogP contribution in [0.3, 0.4) is 0 Å². The molecule has 2 aromatic carbocycles. The number of nitrogens with one attached hydrogen (secondary N) is 1. The predicted octanol–water partition coefficient (Wildman–Crippen LogP) is 4.31. The monoisotopic (exact) mass is 377 g/mol. The minimum Gasteiger partial charge on any atom is -0.493 e. The van der Waals surface area contributed by atoms with Crippen molar-refractivity contribution in [3.63, 3.8) is 0 Å².